The number of carboxylic acid groups (broad SMARTS) is 1. The Hall–Kier alpha value is -2.78. The molecule has 140 valence electrons. The minimum absolute atomic E-state index is 0.313. The number of benzene rings is 1. The summed E-state index contributed by atoms with van der Waals surface area (Å²) in [6.45, 7) is 0. The lowest BCUT2D eigenvalue weighted by Gasteiger charge is -2.29. The van der Waals surface area contributed by atoms with E-state index in [2.05, 4.69) is 6.07 Å². The Bertz CT molecular complexity index is 973. The Balaban J connectivity index is 2.11. The van der Waals surface area contributed by atoms with Gasteiger partial charge in [-0.1, -0.05) is 30.9 Å². The predicted octanol–water partition coefficient (Wildman–Crippen LogP) is 3.86. The monoisotopic (exact) mass is 386 g/mol. The third kappa shape index (κ3) is 3.83. The molecule has 27 heavy (non-hydrogen) atoms. The molecule has 1 aromatic heterocycles. The molecule has 7 heteroatoms. The van der Waals surface area contributed by atoms with Crippen molar-refractivity contribution in [3.05, 3.63) is 51.4 Å². The van der Waals surface area contributed by atoms with Gasteiger partial charge >= 0.3 is 5.97 Å². The zero-order valence-corrected chi connectivity index (χ0v) is 15.6. The number of rotatable bonds is 6. The quantitative estimate of drug-likeness (QED) is 0.813. The molecule has 3 rings (SSSR count). The summed E-state index contributed by atoms with van der Waals surface area (Å²) in [6.07, 6.45) is 4.90. The summed E-state index contributed by atoms with van der Waals surface area (Å²) in [7, 11) is 1.44. The molecule has 0 amide bonds. The van der Waals surface area contributed by atoms with Crippen LogP contribution in [0.5, 0.6) is 5.75 Å². The summed E-state index contributed by atoms with van der Waals surface area (Å²) in [5, 5.41) is 19.4. The average molecular weight is 387 g/mol. The molecule has 0 spiro atoms. The van der Waals surface area contributed by atoms with Crippen LogP contribution >= 0.6 is 11.6 Å². The van der Waals surface area contributed by atoms with Crippen LogP contribution in [0.1, 0.15) is 37.3 Å². The number of nitrogens with zero attached hydrogens (tertiary/aromatic N) is 2. The van der Waals surface area contributed by atoms with E-state index in [4.69, 9.17) is 16.3 Å². The minimum atomic E-state index is -1.04. The van der Waals surface area contributed by atoms with Crippen molar-refractivity contribution in [2.75, 3.05) is 7.11 Å². The fourth-order valence-electron chi connectivity index (χ4n) is 3.36. The van der Waals surface area contributed by atoms with Gasteiger partial charge in [-0.3, -0.25) is 9.36 Å². The molecule has 0 radical (unpaired) electrons. The first kappa shape index (κ1) is 19.0. The van der Waals surface area contributed by atoms with E-state index in [0.717, 1.165) is 19.3 Å². The predicted molar refractivity (Wildman–Crippen MR) is 101 cm³/mol. The van der Waals surface area contributed by atoms with E-state index < -0.39 is 17.6 Å². The Morgan fingerprint density at radius 1 is 1.41 bits per heavy atom. The van der Waals surface area contributed by atoms with Crippen LogP contribution in [0.4, 0.5) is 0 Å². The van der Waals surface area contributed by atoms with Gasteiger partial charge in [0.1, 0.15) is 11.8 Å². The molecule has 6 nitrogen and oxygen atoms in total. The van der Waals surface area contributed by atoms with Gasteiger partial charge in [-0.2, -0.15) is 5.26 Å². The minimum Gasteiger partial charge on any atom is -0.495 e. The van der Waals surface area contributed by atoms with Crippen molar-refractivity contribution in [1.82, 2.24) is 4.57 Å². The number of aromatic nitrogens is 1. The topological polar surface area (TPSA) is 92.3 Å². The summed E-state index contributed by atoms with van der Waals surface area (Å²) in [4.78, 5) is 24.5. The van der Waals surface area contributed by atoms with Crippen molar-refractivity contribution in [2.45, 2.75) is 31.7 Å². The smallest absolute Gasteiger partial charge is 0.326 e. The van der Waals surface area contributed by atoms with E-state index in [0.29, 0.717) is 39.8 Å². The molecule has 2 aromatic rings. The number of pyridine rings is 1. The van der Waals surface area contributed by atoms with Crippen LogP contribution in [-0.4, -0.2) is 22.8 Å². The fourth-order valence-corrected chi connectivity index (χ4v) is 3.53. The summed E-state index contributed by atoms with van der Waals surface area (Å²) < 4.78 is 6.61. The van der Waals surface area contributed by atoms with E-state index in [9.17, 15) is 20.0 Å². The molecular formula is C20H19ClN2O4. The number of methoxy groups -OCH3 is 1. The van der Waals surface area contributed by atoms with Gasteiger partial charge < -0.3 is 9.84 Å². The lowest BCUT2D eigenvalue weighted by molar-refractivity contribution is -0.141. The van der Waals surface area contributed by atoms with Gasteiger partial charge in [-0.05, 0) is 30.5 Å². The first-order valence-corrected chi connectivity index (χ1v) is 9.05. The highest BCUT2D eigenvalue weighted by atomic mass is 35.5. The van der Waals surface area contributed by atoms with Crippen LogP contribution < -0.4 is 10.3 Å². The molecule has 1 fully saturated rings. The van der Waals surface area contributed by atoms with Crippen molar-refractivity contribution in [1.29, 1.82) is 5.26 Å². The first-order chi connectivity index (χ1) is 12.9. The van der Waals surface area contributed by atoms with Crippen LogP contribution in [0.25, 0.3) is 11.1 Å². The summed E-state index contributed by atoms with van der Waals surface area (Å²) in [5.41, 5.74) is 0.767. The molecule has 0 aliphatic heterocycles. The maximum Gasteiger partial charge on any atom is 0.326 e. The molecule has 1 saturated carbocycles. The number of halogens is 1. The average Bonchev–Trinajstić information content (AvgIpc) is 2.61. The van der Waals surface area contributed by atoms with E-state index >= 15 is 0 Å². The van der Waals surface area contributed by atoms with Crippen molar-refractivity contribution >= 4 is 17.6 Å². The standard InChI is InChI=1S/C20H19ClN2O4/c1-27-18-11-23(17(20(25)26)7-12-3-2-4-12)19(24)9-16(18)15-8-14(21)6-5-13(15)10-22/h5-6,8-9,11-12,17H,2-4,7H2,1H3,(H,25,26). The maximum atomic E-state index is 12.7. The normalized spacial score (nSPS) is 14.9. The summed E-state index contributed by atoms with van der Waals surface area (Å²) in [5.74, 6) is -0.408. The highest BCUT2D eigenvalue weighted by Gasteiger charge is 2.29. The molecule has 1 unspecified atom stereocenters. The van der Waals surface area contributed by atoms with Crippen molar-refractivity contribution in [3.8, 4) is 22.9 Å². The van der Waals surface area contributed by atoms with Crippen LogP contribution in [0.15, 0.2) is 35.3 Å². The van der Waals surface area contributed by atoms with E-state index in [-0.39, 0.29) is 0 Å². The van der Waals surface area contributed by atoms with Gasteiger partial charge in [0.05, 0.1) is 24.9 Å². The second-order valence-electron chi connectivity index (χ2n) is 6.69. The molecule has 1 N–H and O–H groups in total. The SMILES string of the molecule is COc1cn(C(CC2CCC2)C(=O)O)c(=O)cc1-c1cc(Cl)ccc1C#N. The van der Waals surface area contributed by atoms with Crippen LogP contribution in [-0.2, 0) is 4.79 Å². The lowest BCUT2D eigenvalue weighted by Crippen LogP contribution is -2.32. The molecule has 1 aliphatic carbocycles. The Kier molecular flexibility index (Phi) is 5.52. The lowest BCUT2D eigenvalue weighted by atomic mass is 9.81. The molecule has 1 aliphatic rings. The number of ether oxygens (including phenoxy) is 1. The maximum absolute atomic E-state index is 12.7. The van der Waals surface area contributed by atoms with Crippen LogP contribution in [0.3, 0.4) is 0 Å². The molecule has 0 saturated heterocycles. The zero-order chi connectivity index (χ0) is 19.6. The second kappa shape index (κ2) is 7.85. The van der Waals surface area contributed by atoms with Crippen molar-refractivity contribution in [2.24, 2.45) is 5.92 Å². The van der Waals surface area contributed by atoms with Gasteiger partial charge in [0.15, 0.2) is 0 Å². The van der Waals surface area contributed by atoms with E-state index in [1.54, 1.807) is 18.2 Å². The highest BCUT2D eigenvalue weighted by Crippen LogP contribution is 2.36. The van der Waals surface area contributed by atoms with Crippen molar-refractivity contribution < 1.29 is 14.6 Å². The molecule has 1 atom stereocenters. The number of nitriles is 1. The number of hydrogen-bond acceptors (Lipinski definition) is 4. The zero-order valence-electron chi connectivity index (χ0n) is 14.8. The largest absolute Gasteiger partial charge is 0.495 e. The molecule has 0 bridgehead atoms. The van der Waals surface area contributed by atoms with Crippen LogP contribution in [0, 0.1) is 17.2 Å². The van der Waals surface area contributed by atoms with Gasteiger partial charge in [0.2, 0.25) is 0 Å². The number of aliphatic carboxylic acids is 1. The number of hydrogen-bond donors (Lipinski definition) is 1. The van der Waals surface area contributed by atoms with Gasteiger partial charge in [0.25, 0.3) is 5.56 Å². The number of carbonyl (C=O) groups is 1. The van der Waals surface area contributed by atoms with E-state index in [1.807, 2.05) is 0 Å². The van der Waals surface area contributed by atoms with Gasteiger partial charge in [0, 0.05) is 22.2 Å². The van der Waals surface area contributed by atoms with Gasteiger partial charge in [-0.25, -0.2) is 4.79 Å². The third-order valence-electron chi connectivity index (χ3n) is 5.06. The fraction of sp³-hybridized carbons (Fsp3) is 0.350. The first-order valence-electron chi connectivity index (χ1n) is 8.67. The molecule has 1 aromatic carbocycles. The summed E-state index contributed by atoms with van der Waals surface area (Å²) in [6, 6.07) is 7.19. The Morgan fingerprint density at radius 2 is 2.15 bits per heavy atom. The second-order valence-corrected chi connectivity index (χ2v) is 7.13. The Morgan fingerprint density at radius 3 is 2.70 bits per heavy atom. The van der Waals surface area contributed by atoms with Crippen LogP contribution in [0.2, 0.25) is 5.02 Å². The van der Waals surface area contributed by atoms with Crippen molar-refractivity contribution in [3.63, 3.8) is 0 Å². The molecular weight excluding hydrogens is 368 g/mol. The van der Waals surface area contributed by atoms with Gasteiger partial charge in [-0.15, -0.1) is 0 Å². The third-order valence-corrected chi connectivity index (χ3v) is 5.29. The highest BCUT2D eigenvalue weighted by molar-refractivity contribution is 6.31. The number of carboxylic acids is 1. The van der Waals surface area contributed by atoms with E-state index in [1.165, 1.54) is 23.9 Å². The molecule has 1 heterocycles. The summed E-state index contributed by atoms with van der Waals surface area (Å²) >= 11 is 6.05. The Labute approximate surface area is 161 Å².